The second-order valence-corrected chi connectivity index (χ2v) is 6.64. The molecule has 1 unspecified atom stereocenters. The van der Waals surface area contributed by atoms with Crippen LogP contribution in [0, 0.1) is 5.82 Å². The van der Waals surface area contributed by atoms with Gasteiger partial charge in [0.25, 0.3) is 0 Å². The van der Waals surface area contributed by atoms with E-state index in [4.69, 9.17) is 0 Å². The van der Waals surface area contributed by atoms with Crippen molar-refractivity contribution < 1.29 is 17.6 Å². The number of nitrogens with one attached hydrogen (secondary N) is 2. The van der Waals surface area contributed by atoms with Crippen LogP contribution in [-0.2, 0) is 13.2 Å². The first-order valence-corrected chi connectivity index (χ1v) is 8.94. The minimum Gasteiger partial charge on any atom is -0.344 e. The Morgan fingerprint density at radius 2 is 1.77 bits per heavy atom. The maximum Gasteiger partial charge on any atom is 0.433 e. The molecule has 160 valence electrons. The second kappa shape index (κ2) is 7.74. The summed E-state index contributed by atoms with van der Waals surface area (Å²) in [4.78, 5) is 24.0. The molecule has 4 aromatic rings. The minimum atomic E-state index is -4.63. The molecule has 0 aliphatic rings. The number of alkyl halides is 3. The standard InChI is InChI=1S/C18H15F4N9/c1-9(14-23-5-10(19)6-24-14)26-17-29-15-11(3-4-12(27-15)18(20,21)22)16(30-17)28-13-7-31(2)8-25-13/h3-9H,1-2H3,(H2,26,27,28,29,30). The van der Waals surface area contributed by atoms with Gasteiger partial charge in [-0.25, -0.2) is 24.3 Å². The van der Waals surface area contributed by atoms with Crippen molar-refractivity contribution in [2.45, 2.75) is 19.1 Å². The molecule has 0 aliphatic heterocycles. The summed E-state index contributed by atoms with van der Waals surface area (Å²) >= 11 is 0. The molecular weight excluding hydrogens is 418 g/mol. The molecule has 9 nitrogen and oxygen atoms in total. The van der Waals surface area contributed by atoms with Gasteiger partial charge in [0, 0.05) is 13.2 Å². The van der Waals surface area contributed by atoms with E-state index in [0.29, 0.717) is 5.82 Å². The Bertz CT molecular complexity index is 1220. The SMILES string of the molecule is CC(Nc1nc(Nc2cn(C)cn2)c2ccc(C(F)(F)F)nc2n1)c1ncc(F)cn1. The molecule has 0 saturated carbocycles. The molecule has 0 aliphatic carbocycles. The lowest BCUT2D eigenvalue weighted by atomic mass is 10.2. The van der Waals surface area contributed by atoms with Crippen LogP contribution in [0.3, 0.4) is 0 Å². The van der Waals surface area contributed by atoms with Gasteiger partial charge in [0.15, 0.2) is 11.5 Å². The van der Waals surface area contributed by atoms with E-state index in [1.807, 2.05) is 0 Å². The van der Waals surface area contributed by atoms with Crippen molar-refractivity contribution in [2.75, 3.05) is 10.6 Å². The molecule has 0 saturated heterocycles. The number of hydrogen-bond donors (Lipinski definition) is 2. The Hall–Kier alpha value is -3.90. The quantitative estimate of drug-likeness (QED) is 0.460. The lowest BCUT2D eigenvalue weighted by molar-refractivity contribution is -0.141. The van der Waals surface area contributed by atoms with Crippen LogP contribution in [0.25, 0.3) is 11.0 Å². The van der Waals surface area contributed by atoms with E-state index in [1.54, 1.807) is 31.1 Å². The summed E-state index contributed by atoms with van der Waals surface area (Å²) in [5.41, 5.74) is -1.25. The third-order valence-electron chi connectivity index (χ3n) is 4.17. The van der Waals surface area contributed by atoms with Crippen LogP contribution >= 0.6 is 0 Å². The molecule has 13 heteroatoms. The third kappa shape index (κ3) is 4.49. The Balaban J connectivity index is 1.75. The fraction of sp³-hybridized carbons (Fsp3) is 0.222. The number of rotatable bonds is 5. The van der Waals surface area contributed by atoms with Gasteiger partial charge in [-0.2, -0.15) is 23.1 Å². The predicted molar refractivity (Wildman–Crippen MR) is 103 cm³/mol. The number of nitrogens with zero attached hydrogens (tertiary/aromatic N) is 7. The van der Waals surface area contributed by atoms with Gasteiger partial charge in [-0.05, 0) is 19.1 Å². The van der Waals surface area contributed by atoms with Crippen molar-refractivity contribution in [3.05, 3.63) is 54.4 Å². The van der Waals surface area contributed by atoms with Crippen molar-refractivity contribution >= 4 is 28.6 Å². The fourth-order valence-electron chi connectivity index (χ4n) is 2.73. The molecule has 0 bridgehead atoms. The van der Waals surface area contributed by atoms with Crippen LogP contribution < -0.4 is 10.6 Å². The number of aromatic nitrogens is 7. The molecule has 4 rings (SSSR count). The third-order valence-corrected chi connectivity index (χ3v) is 4.17. The predicted octanol–water partition coefficient (Wildman–Crippen LogP) is 3.62. The van der Waals surface area contributed by atoms with Crippen molar-refractivity contribution in [1.29, 1.82) is 0 Å². The van der Waals surface area contributed by atoms with Crippen molar-refractivity contribution in [1.82, 2.24) is 34.5 Å². The highest BCUT2D eigenvalue weighted by molar-refractivity contribution is 5.89. The minimum absolute atomic E-state index is 0.0156. The summed E-state index contributed by atoms with van der Waals surface area (Å²) in [5, 5.41) is 6.14. The topological polar surface area (TPSA) is 106 Å². The van der Waals surface area contributed by atoms with E-state index in [-0.39, 0.29) is 28.6 Å². The first-order valence-electron chi connectivity index (χ1n) is 8.94. The van der Waals surface area contributed by atoms with Gasteiger partial charge in [0.05, 0.1) is 30.1 Å². The van der Waals surface area contributed by atoms with Crippen LogP contribution in [0.5, 0.6) is 0 Å². The molecule has 0 fully saturated rings. The van der Waals surface area contributed by atoms with Crippen LogP contribution in [0.4, 0.5) is 35.1 Å². The molecule has 0 aromatic carbocycles. The van der Waals surface area contributed by atoms with Crippen LogP contribution in [0.1, 0.15) is 24.5 Å². The lowest BCUT2D eigenvalue weighted by Crippen LogP contribution is -2.14. The Morgan fingerprint density at radius 3 is 2.42 bits per heavy atom. The molecule has 4 heterocycles. The van der Waals surface area contributed by atoms with Gasteiger partial charge in [0.1, 0.15) is 23.2 Å². The number of hydrogen-bond acceptors (Lipinski definition) is 8. The zero-order valence-electron chi connectivity index (χ0n) is 16.2. The lowest BCUT2D eigenvalue weighted by Gasteiger charge is -2.15. The van der Waals surface area contributed by atoms with E-state index in [2.05, 4.69) is 40.5 Å². The maximum atomic E-state index is 13.1. The highest BCUT2D eigenvalue weighted by Crippen LogP contribution is 2.31. The fourth-order valence-corrected chi connectivity index (χ4v) is 2.73. The van der Waals surface area contributed by atoms with E-state index < -0.39 is 23.7 Å². The van der Waals surface area contributed by atoms with Gasteiger partial charge in [-0.3, -0.25) is 0 Å². The molecule has 0 amide bonds. The normalized spacial score (nSPS) is 12.7. The number of aryl methyl sites for hydroxylation is 1. The molecule has 0 spiro atoms. The highest BCUT2D eigenvalue weighted by Gasteiger charge is 2.33. The van der Waals surface area contributed by atoms with Gasteiger partial charge in [-0.1, -0.05) is 0 Å². The van der Waals surface area contributed by atoms with E-state index >= 15 is 0 Å². The molecule has 4 aromatic heterocycles. The second-order valence-electron chi connectivity index (χ2n) is 6.64. The van der Waals surface area contributed by atoms with Gasteiger partial charge < -0.3 is 15.2 Å². The summed E-state index contributed by atoms with van der Waals surface area (Å²) in [6, 6.07) is 1.54. The summed E-state index contributed by atoms with van der Waals surface area (Å²) in [7, 11) is 1.77. The number of imidazole rings is 1. The summed E-state index contributed by atoms with van der Waals surface area (Å²) in [6.45, 7) is 1.67. The summed E-state index contributed by atoms with van der Waals surface area (Å²) in [5.74, 6) is 0.283. The summed E-state index contributed by atoms with van der Waals surface area (Å²) in [6.07, 6.45) is 0.614. The van der Waals surface area contributed by atoms with Crippen molar-refractivity contribution in [3.8, 4) is 0 Å². The Morgan fingerprint density at radius 1 is 1.03 bits per heavy atom. The van der Waals surface area contributed by atoms with E-state index in [1.165, 1.54) is 6.07 Å². The average Bonchev–Trinajstić information content (AvgIpc) is 3.12. The van der Waals surface area contributed by atoms with E-state index in [9.17, 15) is 17.6 Å². The molecule has 1 atom stereocenters. The number of fused-ring (bicyclic) bond motifs is 1. The number of anilines is 3. The highest BCUT2D eigenvalue weighted by atomic mass is 19.4. The maximum absolute atomic E-state index is 13.1. The number of halogens is 4. The first-order chi connectivity index (χ1) is 14.7. The van der Waals surface area contributed by atoms with Crippen molar-refractivity contribution in [2.24, 2.45) is 7.05 Å². The van der Waals surface area contributed by atoms with Crippen LogP contribution in [0.15, 0.2) is 37.1 Å². The van der Waals surface area contributed by atoms with Gasteiger partial charge in [-0.15, -0.1) is 0 Å². The van der Waals surface area contributed by atoms with Crippen LogP contribution in [0.2, 0.25) is 0 Å². The number of pyridine rings is 1. The van der Waals surface area contributed by atoms with Gasteiger partial charge in [0.2, 0.25) is 5.95 Å². The summed E-state index contributed by atoms with van der Waals surface area (Å²) < 4.78 is 54.2. The first kappa shape index (κ1) is 20.4. The Kier molecular flexibility index (Phi) is 5.09. The largest absolute Gasteiger partial charge is 0.433 e. The molecule has 31 heavy (non-hydrogen) atoms. The smallest absolute Gasteiger partial charge is 0.344 e. The molecule has 2 N–H and O–H groups in total. The van der Waals surface area contributed by atoms with E-state index in [0.717, 1.165) is 18.5 Å². The van der Waals surface area contributed by atoms with Crippen LogP contribution in [-0.4, -0.2) is 34.5 Å². The molecular formula is C18H15F4N9. The molecule has 0 radical (unpaired) electrons. The zero-order chi connectivity index (χ0) is 22.2. The van der Waals surface area contributed by atoms with Gasteiger partial charge >= 0.3 is 6.18 Å². The monoisotopic (exact) mass is 433 g/mol. The Labute approximate surface area is 172 Å². The average molecular weight is 433 g/mol. The zero-order valence-corrected chi connectivity index (χ0v) is 16.2. The van der Waals surface area contributed by atoms with Crippen molar-refractivity contribution in [3.63, 3.8) is 0 Å².